The lowest BCUT2D eigenvalue weighted by Crippen LogP contribution is -2.18. The number of H-pyrrole nitrogens is 1. The number of anilines is 3. The second-order valence-corrected chi connectivity index (χ2v) is 8.31. The molecule has 0 amide bonds. The second-order valence-electron chi connectivity index (χ2n) is 7.92. The van der Waals surface area contributed by atoms with Crippen LogP contribution in [0.2, 0.25) is 0 Å². The van der Waals surface area contributed by atoms with Crippen LogP contribution in [0.3, 0.4) is 0 Å². The van der Waals surface area contributed by atoms with E-state index in [-0.39, 0.29) is 11.6 Å². The number of nitrogens with zero attached hydrogens (tertiary/aromatic N) is 2. The van der Waals surface area contributed by atoms with Crippen LogP contribution in [-0.4, -0.2) is 16.2 Å². The van der Waals surface area contributed by atoms with Crippen molar-refractivity contribution in [2.75, 3.05) is 16.9 Å². The van der Waals surface area contributed by atoms with Gasteiger partial charge in [0.2, 0.25) is 0 Å². The van der Waals surface area contributed by atoms with Gasteiger partial charge in [-0.25, -0.2) is 8.78 Å². The number of halogens is 2. The van der Waals surface area contributed by atoms with Crippen molar-refractivity contribution in [2.45, 2.75) is 0 Å². The van der Waals surface area contributed by atoms with Crippen LogP contribution in [0, 0.1) is 16.4 Å². The molecule has 0 bridgehead atoms. The Balaban J connectivity index is 1.63. The summed E-state index contributed by atoms with van der Waals surface area (Å²) in [6.07, 6.45) is 0. The number of hydrogen-bond acceptors (Lipinski definition) is 3. The van der Waals surface area contributed by atoms with E-state index in [1.165, 1.54) is 24.3 Å². The molecule has 2 N–H and O–H groups in total. The van der Waals surface area contributed by atoms with Gasteiger partial charge in [-0.2, -0.15) is 0 Å². The van der Waals surface area contributed by atoms with Crippen LogP contribution in [0.15, 0.2) is 84.9 Å². The Hall–Kier alpha value is -3.97. The highest BCUT2D eigenvalue weighted by Crippen LogP contribution is 2.41. The zero-order valence-corrected chi connectivity index (χ0v) is 18.2. The summed E-state index contributed by atoms with van der Waals surface area (Å²) in [5.41, 5.74) is 6.61. The van der Waals surface area contributed by atoms with Gasteiger partial charge in [-0.3, -0.25) is 4.57 Å². The first-order valence-corrected chi connectivity index (χ1v) is 10.9. The quantitative estimate of drug-likeness (QED) is 0.283. The lowest BCUT2D eigenvalue weighted by Gasteiger charge is -2.23. The Morgan fingerprint density at radius 1 is 0.727 bits per heavy atom. The highest BCUT2D eigenvalue weighted by molar-refractivity contribution is 7.71. The predicted molar refractivity (Wildman–Crippen MR) is 131 cm³/mol. The second kappa shape index (κ2) is 7.56. The molecule has 0 radical (unpaired) electrons. The first-order valence-electron chi connectivity index (χ1n) is 10.5. The predicted octanol–water partition coefficient (Wildman–Crippen LogP) is 7.15. The third-order valence-electron chi connectivity index (χ3n) is 5.94. The van der Waals surface area contributed by atoms with E-state index in [0.29, 0.717) is 17.0 Å². The van der Waals surface area contributed by atoms with Crippen molar-refractivity contribution in [1.82, 2.24) is 9.55 Å². The first kappa shape index (κ1) is 19.7. The molecule has 162 valence electrons. The number of benzene rings is 4. The van der Waals surface area contributed by atoms with Crippen LogP contribution >= 0.6 is 12.2 Å². The fraction of sp³-hybridized carbons (Fsp3) is 0.0385. The molecule has 0 saturated carbocycles. The lowest BCUT2D eigenvalue weighted by atomic mass is 10.0. The van der Waals surface area contributed by atoms with Crippen molar-refractivity contribution < 1.29 is 8.78 Å². The van der Waals surface area contributed by atoms with Crippen molar-refractivity contribution in [3.8, 4) is 16.8 Å². The first-order chi connectivity index (χ1) is 16.1. The van der Waals surface area contributed by atoms with E-state index in [1.54, 1.807) is 12.1 Å². The standard InChI is InChI=1S/C26H18F2N4S/c27-18-7-9-20-23(13-18)31(15-29-20)22-11-6-17(16-4-2-1-3-5-16)12-25(22)32-24-14-19(28)8-10-21(24)30-26(32)33/h1-14,29H,15H2,(H,30,33). The maximum absolute atomic E-state index is 14.2. The summed E-state index contributed by atoms with van der Waals surface area (Å²) in [5.74, 6) is -0.656. The molecule has 0 spiro atoms. The van der Waals surface area contributed by atoms with Crippen LogP contribution < -0.4 is 10.2 Å². The van der Waals surface area contributed by atoms with Crippen molar-refractivity contribution in [2.24, 2.45) is 0 Å². The summed E-state index contributed by atoms with van der Waals surface area (Å²) in [4.78, 5) is 5.18. The zero-order valence-electron chi connectivity index (χ0n) is 17.3. The molecule has 1 aliphatic heterocycles. The lowest BCUT2D eigenvalue weighted by molar-refractivity contribution is 0.628. The molecule has 5 aromatic rings. The van der Waals surface area contributed by atoms with E-state index in [4.69, 9.17) is 12.2 Å². The largest absolute Gasteiger partial charge is 0.366 e. The molecule has 4 nitrogen and oxygen atoms in total. The Morgan fingerprint density at radius 2 is 1.52 bits per heavy atom. The maximum Gasteiger partial charge on any atom is 0.182 e. The van der Waals surface area contributed by atoms with E-state index >= 15 is 0 Å². The van der Waals surface area contributed by atoms with Crippen molar-refractivity contribution in [1.29, 1.82) is 0 Å². The molecule has 0 atom stereocenters. The molecule has 0 fully saturated rings. The Labute approximate surface area is 193 Å². The molecule has 6 rings (SSSR count). The fourth-order valence-electron chi connectivity index (χ4n) is 4.40. The smallest absolute Gasteiger partial charge is 0.182 e. The van der Waals surface area contributed by atoms with Gasteiger partial charge < -0.3 is 15.2 Å². The zero-order chi connectivity index (χ0) is 22.5. The SMILES string of the molecule is Fc1ccc2c(c1)N(c1ccc(-c3ccccc3)cc1-n1c(=S)[nH]c3ccc(F)cc31)CN2. The summed E-state index contributed by atoms with van der Waals surface area (Å²) in [5, 5.41) is 3.31. The van der Waals surface area contributed by atoms with Crippen molar-refractivity contribution in [3.63, 3.8) is 0 Å². The van der Waals surface area contributed by atoms with Gasteiger partial charge in [0.15, 0.2) is 4.77 Å². The van der Waals surface area contributed by atoms with Crippen LogP contribution in [-0.2, 0) is 0 Å². The molecular weight excluding hydrogens is 438 g/mol. The summed E-state index contributed by atoms with van der Waals surface area (Å²) < 4.78 is 30.6. The monoisotopic (exact) mass is 456 g/mol. The summed E-state index contributed by atoms with van der Waals surface area (Å²) >= 11 is 5.66. The number of imidazole rings is 1. The number of hydrogen-bond donors (Lipinski definition) is 2. The van der Waals surface area contributed by atoms with Crippen LogP contribution in [0.4, 0.5) is 25.8 Å². The molecule has 1 aliphatic rings. The van der Waals surface area contributed by atoms with Gasteiger partial charge >= 0.3 is 0 Å². The summed E-state index contributed by atoms with van der Waals surface area (Å²) in [6.45, 7) is 0.473. The normalized spacial score (nSPS) is 12.7. The molecule has 0 saturated heterocycles. The number of aromatic amines is 1. The van der Waals surface area contributed by atoms with E-state index in [1.807, 2.05) is 58.0 Å². The van der Waals surface area contributed by atoms with Crippen LogP contribution in [0.1, 0.15) is 0 Å². The number of aromatic nitrogens is 2. The van der Waals surface area contributed by atoms with Crippen LogP contribution in [0.25, 0.3) is 27.8 Å². The van der Waals surface area contributed by atoms with Gasteiger partial charge in [-0.05, 0) is 65.8 Å². The van der Waals surface area contributed by atoms with E-state index in [9.17, 15) is 8.78 Å². The molecule has 0 unspecified atom stereocenters. The maximum atomic E-state index is 14.2. The van der Waals surface area contributed by atoms with Gasteiger partial charge in [0, 0.05) is 6.07 Å². The topological polar surface area (TPSA) is 36.0 Å². The third-order valence-corrected chi connectivity index (χ3v) is 6.22. The minimum absolute atomic E-state index is 0.310. The third kappa shape index (κ3) is 3.29. The van der Waals surface area contributed by atoms with Gasteiger partial charge in [0.25, 0.3) is 0 Å². The molecule has 7 heteroatoms. The van der Waals surface area contributed by atoms with E-state index in [0.717, 1.165) is 39.4 Å². The Morgan fingerprint density at radius 3 is 2.36 bits per heavy atom. The number of nitrogens with one attached hydrogen (secondary N) is 2. The average Bonchev–Trinajstić information content (AvgIpc) is 3.38. The number of fused-ring (bicyclic) bond motifs is 2. The van der Waals surface area contributed by atoms with Crippen molar-refractivity contribution >= 4 is 40.3 Å². The molecule has 0 aliphatic carbocycles. The minimum Gasteiger partial charge on any atom is -0.366 e. The molecule has 1 aromatic heterocycles. The highest BCUT2D eigenvalue weighted by atomic mass is 32.1. The molecule has 2 heterocycles. The van der Waals surface area contributed by atoms with Crippen molar-refractivity contribution in [3.05, 3.63) is 101 Å². The Bertz CT molecular complexity index is 1570. The van der Waals surface area contributed by atoms with Crippen LogP contribution in [0.5, 0.6) is 0 Å². The molecule has 33 heavy (non-hydrogen) atoms. The summed E-state index contributed by atoms with van der Waals surface area (Å²) in [7, 11) is 0. The van der Waals surface area contributed by atoms with E-state index < -0.39 is 0 Å². The molecular formula is C26H18F2N4S. The van der Waals surface area contributed by atoms with Gasteiger partial charge in [-0.1, -0.05) is 36.4 Å². The molecule has 4 aromatic carbocycles. The van der Waals surface area contributed by atoms with Gasteiger partial charge in [-0.15, -0.1) is 0 Å². The number of rotatable bonds is 3. The summed E-state index contributed by atoms with van der Waals surface area (Å²) in [6, 6.07) is 25.3. The fourth-order valence-corrected chi connectivity index (χ4v) is 4.70. The van der Waals surface area contributed by atoms with E-state index in [2.05, 4.69) is 10.3 Å². The average molecular weight is 457 g/mol. The minimum atomic E-state index is -0.346. The highest BCUT2D eigenvalue weighted by Gasteiger charge is 2.24. The van der Waals surface area contributed by atoms with Gasteiger partial charge in [0.1, 0.15) is 11.6 Å². The van der Waals surface area contributed by atoms with Gasteiger partial charge in [0.05, 0.1) is 40.5 Å². The Kier molecular flexibility index (Phi) is 4.52.